The number of nitrogens with zero attached hydrogens (tertiary/aromatic N) is 3. The van der Waals surface area contributed by atoms with Crippen LogP contribution in [0.4, 0.5) is 5.69 Å². The predicted molar refractivity (Wildman–Crippen MR) is 155 cm³/mol. The van der Waals surface area contributed by atoms with E-state index < -0.39 is 12.0 Å². The van der Waals surface area contributed by atoms with Crippen LogP contribution in [0.3, 0.4) is 0 Å². The van der Waals surface area contributed by atoms with Crippen LogP contribution >= 0.6 is 11.3 Å². The molecule has 3 aliphatic rings. The SMILES string of the molecule is CCCC1=C(C(=O)OCC)[C@@H](c2ccc3c(c2)OCO3)n2c(s/c(=C/c3ccc(N4CCCCC4)cc3)c2=O)=N1. The highest BCUT2D eigenvalue weighted by Crippen LogP contribution is 2.38. The van der Waals surface area contributed by atoms with E-state index in [9.17, 15) is 9.59 Å². The number of allylic oxidation sites excluding steroid dienone is 1. The Bertz CT molecular complexity index is 1630. The number of hydrogen-bond donors (Lipinski definition) is 0. The van der Waals surface area contributed by atoms with Crippen molar-refractivity contribution >= 4 is 29.1 Å². The number of thiazole rings is 1. The Labute approximate surface area is 236 Å². The number of fused-ring (bicyclic) bond motifs is 2. The summed E-state index contributed by atoms with van der Waals surface area (Å²) in [5, 5.41) is 0. The molecule has 9 heteroatoms. The molecule has 8 nitrogen and oxygen atoms in total. The molecule has 0 N–H and O–H groups in total. The molecule has 1 saturated heterocycles. The van der Waals surface area contributed by atoms with E-state index in [0.717, 1.165) is 30.6 Å². The minimum atomic E-state index is -0.685. The lowest BCUT2D eigenvalue weighted by atomic mass is 9.94. The molecule has 1 aromatic heterocycles. The molecule has 0 aliphatic carbocycles. The zero-order valence-corrected chi connectivity index (χ0v) is 23.7. The van der Waals surface area contributed by atoms with E-state index in [2.05, 4.69) is 29.2 Å². The molecule has 3 aromatic rings. The van der Waals surface area contributed by atoms with Crippen molar-refractivity contribution < 1.29 is 19.0 Å². The van der Waals surface area contributed by atoms with Gasteiger partial charge in [-0.2, -0.15) is 0 Å². The van der Waals surface area contributed by atoms with Crippen LogP contribution in [-0.4, -0.2) is 37.0 Å². The summed E-state index contributed by atoms with van der Waals surface area (Å²) in [5.41, 5.74) is 3.77. The summed E-state index contributed by atoms with van der Waals surface area (Å²) in [6.07, 6.45) is 7.04. The molecule has 0 unspecified atom stereocenters. The number of carbonyl (C=O) groups is 1. The lowest BCUT2D eigenvalue weighted by Gasteiger charge is -2.28. The zero-order valence-electron chi connectivity index (χ0n) is 22.9. The standard InChI is InChI=1S/C31H33N3O5S/c1-3-8-23-27(30(36)37-4-2)28(21-11-14-24-25(18-21)39-19-38-24)34-29(35)26(40-31(34)32-23)17-20-9-12-22(13-10-20)33-15-6-5-7-16-33/h9-14,17-18,28H,3-8,15-16,19H2,1-2H3/b26-17+/t28-/m1/s1. The summed E-state index contributed by atoms with van der Waals surface area (Å²) in [6, 6.07) is 13.2. The fourth-order valence-electron chi connectivity index (χ4n) is 5.60. The summed E-state index contributed by atoms with van der Waals surface area (Å²) < 4.78 is 18.8. The normalized spacial score (nSPS) is 18.5. The number of anilines is 1. The second-order valence-corrected chi connectivity index (χ2v) is 11.2. The van der Waals surface area contributed by atoms with E-state index in [1.54, 1.807) is 11.5 Å². The summed E-state index contributed by atoms with van der Waals surface area (Å²) in [4.78, 5) is 35.2. The Balaban J connectivity index is 1.46. The smallest absolute Gasteiger partial charge is 0.338 e. The second kappa shape index (κ2) is 11.3. The predicted octanol–water partition coefficient (Wildman–Crippen LogP) is 4.30. The highest BCUT2D eigenvalue weighted by Gasteiger charge is 2.35. The molecule has 0 bridgehead atoms. The number of esters is 1. The van der Waals surface area contributed by atoms with E-state index in [1.807, 2.05) is 31.2 Å². The molecule has 0 saturated carbocycles. The Morgan fingerprint density at radius 1 is 1.07 bits per heavy atom. The van der Waals surface area contributed by atoms with E-state index >= 15 is 0 Å². The fourth-order valence-corrected chi connectivity index (χ4v) is 6.62. The maximum absolute atomic E-state index is 14.0. The third-order valence-corrected chi connectivity index (χ3v) is 8.50. The lowest BCUT2D eigenvalue weighted by Crippen LogP contribution is -2.40. The molecule has 0 radical (unpaired) electrons. The Morgan fingerprint density at radius 2 is 1.85 bits per heavy atom. The van der Waals surface area contributed by atoms with Crippen LogP contribution in [-0.2, 0) is 9.53 Å². The van der Waals surface area contributed by atoms with Crippen molar-refractivity contribution in [3.8, 4) is 11.5 Å². The summed E-state index contributed by atoms with van der Waals surface area (Å²) in [5.74, 6) is 0.769. The topological polar surface area (TPSA) is 82.4 Å². The van der Waals surface area contributed by atoms with Crippen LogP contribution < -0.4 is 29.3 Å². The molecule has 1 atom stereocenters. The van der Waals surface area contributed by atoms with Crippen LogP contribution in [0.5, 0.6) is 11.5 Å². The van der Waals surface area contributed by atoms with Gasteiger partial charge in [-0.3, -0.25) is 9.36 Å². The van der Waals surface area contributed by atoms with Crippen LogP contribution in [0.15, 0.2) is 63.5 Å². The first-order chi connectivity index (χ1) is 19.6. The second-order valence-electron chi connectivity index (χ2n) is 10.2. The quantitative estimate of drug-likeness (QED) is 0.402. The van der Waals surface area contributed by atoms with Crippen molar-refractivity contribution in [2.75, 3.05) is 31.4 Å². The van der Waals surface area contributed by atoms with Gasteiger partial charge in [-0.05, 0) is 74.1 Å². The number of carbonyl (C=O) groups excluding carboxylic acids is 1. The first kappa shape index (κ1) is 26.4. The van der Waals surface area contributed by atoms with Crippen molar-refractivity contribution in [1.82, 2.24) is 4.57 Å². The van der Waals surface area contributed by atoms with Gasteiger partial charge in [0.1, 0.15) is 0 Å². The minimum absolute atomic E-state index is 0.139. The first-order valence-corrected chi connectivity index (χ1v) is 14.9. The molecule has 0 amide bonds. The van der Waals surface area contributed by atoms with Gasteiger partial charge in [-0.25, -0.2) is 9.79 Å². The first-order valence-electron chi connectivity index (χ1n) is 14.0. The zero-order chi connectivity index (χ0) is 27.6. The van der Waals surface area contributed by atoms with Gasteiger partial charge in [0.15, 0.2) is 16.3 Å². The number of rotatable bonds is 7. The molecule has 40 heavy (non-hydrogen) atoms. The largest absolute Gasteiger partial charge is 0.463 e. The third kappa shape index (κ3) is 4.94. The van der Waals surface area contributed by atoms with Gasteiger partial charge in [0, 0.05) is 18.8 Å². The number of benzene rings is 2. The maximum Gasteiger partial charge on any atom is 0.338 e. The van der Waals surface area contributed by atoms with Gasteiger partial charge < -0.3 is 19.1 Å². The Hall–Kier alpha value is -3.85. The molecule has 6 rings (SSSR count). The van der Waals surface area contributed by atoms with Gasteiger partial charge in [0.2, 0.25) is 6.79 Å². The van der Waals surface area contributed by atoms with Crippen molar-refractivity contribution in [2.24, 2.45) is 4.99 Å². The van der Waals surface area contributed by atoms with Gasteiger partial charge in [0.05, 0.1) is 28.5 Å². The average Bonchev–Trinajstić information content (AvgIpc) is 3.57. The van der Waals surface area contributed by atoms with Crippen molar-refractivity contribution in [2.45, 2.75) is 52.0 Å². The van der Waals surface area contributed by atoms with E-state index in [1.165, 1.54) is 36.3 Å². The van der Waals surface area contributed by atoms with Crippen molar-refractivity contribution in [1.29, 1.82) is 0 Å². The van der Waals surface area contributed by atoms with Crippen LogP contribution in [0.25, 0.3) is 6.08 Å². The van der Waals surface area contributed by atoms with Crippen molar-refractivity contribution in [3.05, 3.63) is 84.5 Å². The Kier molecular flexibility index (Phi) is 7.47. The van der Waals surface area contributed by atoms with E-state index in [-0.39, 0.29) is 19.0 Å². The van der Waals surface area contributed by atoms with E-state index in [0.29, 0.717) is 38.5 Å². The highest BCUT2D eigenvalue weighted by molar-refractivity contribution is 7.07. The number of hydrogen-bond acceptors (Lipinski definition) is 8. The highest BCUT2D eigenvalue weighted by atomic mass is 32.1. The fraction of sp³-hybridized carbons (Fsp3) is 0.387. The summed E-state index contributed by atoms with van der Waals surface area (Å²) >= 11 is 1.35. The Morgan fingerprint density at radius 3 is 2.60 bits per heavy atom. The van der Waals surface area contributed by atoms with Gasteiger partial charge >= 0.3 is 5.97 Å². The molecule has 2 aromatic carbocycles. The average molecular weight is 560 g/mol. The minimum Gasteiger partial charge on any atom is -0.463 e. The molecule has 3 aliphatic heterocycles. The maximum atomic E-state index is 14.0. The van der Waals surface area contributed by atoms with Gasteiger partial charge in [-0.15, -0.1) is 0 Å². The van der Waals surface area contributed by atoms with Crippen LogP contribution in [0.1, 0.15) is 63.1 Å². The van der Waals surface area contributed by atoms with E-state index in [4.69, 9.17) is 19.2 Å². The molecule has 0 spiro atoms. The molecular formula is C31H33N3O5S. The lowest BCUT2D eigenvalue weighted by molar-refractivity contribution is -0.139. The third-order valence-electron chi connectivity index (χ3n) is 7.52. The molecular weight excluding hydrogens is 526 g/mol. The van der Waals surface area contributed by atoms with Gasteiger partial charge in [-0.1, -0.05) is 42.9 Å². The molecule has 4 heterocycles. The monoisotopic (exact) mass is 559 g/mol. The number of piperidine rings is 1. The van der Waals surface area contributed by atoms with Gasteiger partial charge in [0.25, 0.3) is 5.56 Å². The van der Waals surface area contributed by atoms with Crippen LogP contribution in [0.2, 0.25) is 0 Å². The molecule has 1 fully saturated rings. The van der Waals surface area contributed by atoms with Crippen LogP contribution in [0, 0.1) is 0 Å². The summed E-state index contributed by atoms with van der Waals surface area (Å²) in [7, 11) is 0. The molecule has 208 valence electrons. The number of ether oxygens (including phenoxy) is 3. The number of aromatic nitrogens is 1. The van der Waals surface area contributed by atoms with Crippen molar-refractivity contribution in [3.63, 3.8) is 0 Å². The summed E-state index contributed by atoms with van der Waals surface area (Å²) in [6.45, 7) is 6.36.